The fraction of sp³-hybridized carbons (Fsp3) is 0.400. The molecule has 0 saturated heterocycles. The van der Waals surface area contributed by atoms with Gasteiger partial charge in [-0.15, -0.1) is 10.2 Å². The Morgan fingerprint density at radius 3 is 2.48 bits per heavy atom. The van der Waals surface area contributed by atoms with Gasteiger partial charge in [-0.1, -0.05) is 39.0 Å². The topological polar surface area (TPSA) is 69.2 Å². The largest absolute Gasteiger partial charge is 0.433 e. The quantitative estimate of drug-likeness (QED) is 0.157. The first-order valence-corrected chi connectivity index (χ1v) is 18.5. The van der Waals surface area contributed by atoms with E-state index >= 15 is 8.78 Å². The van der Waals surface area contributed by atoms with Crippen molar-refractivity contribution in [3.63, 3.8) is 0 Å². The number of rotatable bonds is 8. The molecule has 11 heteroatoms. The first-order chi connectivity index (χ1) is 21.7. The van der Waals surface area contributed by atoms with Crippen molar-refractivity contribution < 1.29 is 22.0 Å². The molecule has 0 aliphatic heterocycles. The van der Waals surface area contributed by atoms with E-state index in [1.54, 1.807) is 36.1 Å². The summed E-state index contributed by atoms with van der Waals surface area (Å²) in [5.41, 5.74) is 2.83. The number of halogens is 3. The zero-order valence-corrected chi connectivity index (χ0v) is 28.4. The maximum absolute atomic E-state index is 15.5. The number of benzene rings is 3. The van der Waals surface area contributed by atoms with Crippen molar-refractivity contribution in [3.8, 4) is 34.0 Å². The first kappa shape index (κ1) is 32.2. The van der Waals surface area contributed by atoms with Gasteiger partial charge in [0.2, 0.25) is 11.7 Å². The van der Waals surface area contributed by atoms with Crippen LogP contribution in [-0.4, -0.2) is 52.2 Å². The van der Waals surface area contributed by atoms with E-state index in [2.05, 4.69) is 53.9 Å². The van der Waals surface area contributed by atoms with Crippen LogP contribution in [0.3, 0.4) is 0 Å². The van der Waals surface area contributed by atoms with Gasteiger partial charge in [0.05, 0.1) is 6.10 Å². The van der Waals surface area contributed by atoms with Crippen molar-refractivity contribution >= 4 is 19.4 Å². The standard InChI is InChI=1S/C35H40F3N5O2Si/c1-35(2,3)46(6,7)45-29-13-9-12-28(29)42(4)19-23-17-27-32(31(38)30(23)37)44-34(40-27)22-11-8-10-21(16-22)25-15-14-24(36)18-26(25)33-41-39-20-43(33)5/h8,10-11,14-18,20,28-29H,9,12-13,19H2,1-7H3/t28-,29+/m1/s1. The van der Waals surface area contributed by atoms with E-state index in [0.29, 0.717) is 17.0 Å². The smallest absolute Gasteiger partial charge is 0.227 e. The lowest BCUT2D eigenvalue weighted by molar-refractivity contribution is 0.0890. The Kier molecular flexibility index (Phi) is 8.45. The van der Waals surface area contributed by atoms with Gasteiger partial charge in [-0.3, -0.25) is 4.90 Å². The molecule has 0 unspecified atom stereocenters. The van der Waals surface area contributed by atoms with Crippen LogP contribution in [0.1, 0.15) is 45.6 Å². The van der Waals surface area contributed by atoms with Crippen molar-refractivity contribution in [1.29, 1.82) is 0 Å². The van der Waals surface area contributed by atoms with Crippen LogP contribution in [0.4, 0.5) is 13.2 Å². The van der Waals surface area contributed by atoms with Crippen LogP contribution in [0.2, 0.25) is 18.1 Å². The zero-order valence-electron chi connectivity index (χ0n) is 27.4. The average Bonchev–Trinajstić information content (AvgIpc) is 3.75. The predicted octanol–water partition coefficient (Wildman–Crippen LogP) is 8.75. The normalized spacial score (nSPS) is 17.5. The fourth-order valence-electron chi connectivity index (χ4n) is 6.08. The second kappa shape index (κ2) is 12.1. The summed E-state index contributed by atoms with van der Waals surface area (Å²) >= 11 is 0. The minimum atomic E-state index is -1.99. The molecule has 6 rings (SSSR count). The monoisotopic (exact) mass is 647 g/mol. The van der Waals surface area contributed by atoms with E-state index in [9.17, 15) is 4.39 Å². The molecule has 5 aromatic rings. The summed E-state index contributed by atoms with van der Waals surface area (Å²) in [5, 5.41) is 8.17. The van der Waals surface area contributed by atoms with Gasteiger partial charge in [-0.25, -0.2) is 13.8 Å². The molecule has 242 valence electrons. The number of likely N-dealkylation sites (N-methyl/N-ethyl adjacent to an activating group) is 1. The average molecular weight is 648 g/mol. The third kappa shape index (κ3) is 6.03. The molecule has 0 amide bonds. The van der Waals surface area contributed by atoms with Gasteiger partial charge in [0.15, 0.2) is 25.5 Å². The van der Waals surface area contributed by atoms with Gasteiger partial charge in [0, 0.05) is 36.3 Å². The number of aromatic nitrogens is 4. The molecule has 2 heterocycles. The Bertz CT molecular complexity index is 1900. The first-order valence-electron chi connectivity index (χ1n) is 15.6. The molecular formula is C35H40F3N5O2Si. The molecule has 2 atom stereocenters. The molecule has 1 fully saturated rings. The number of hydrogen-bond donors (Lipinski definition) is 0. The van der Waals surface area contributed by atoms with Gasteiger partial charge in [0.1, 0.15) is 17.7 Å². The van der Waals surface area contributed by atoms with Gasteiger partial charge < -0.3 is 13.4 Å². The fourth-order valence-corrected chi connectivity index (χ4v) is 7.47. The predicted molar refractivity (Wildman–Crippen MR) is 176 cm³/mol. The molecule has 7 nitrogen and oxygen atoms in total. The summed E-state index contributed by atoms with van der Waals surface area (Å²) in [6, 6.07) is 13.4. The Balaban J connectivity index is 1.29. The van der Waals surface area contributed by atoms with E-state index in [1.807, 2.05) is 25.2 Å². The Labute approximate surface area is 268 Å². The third-order valence-electron chi connectivity index (χ3n) is 9.65. The van der Waals surface area contributed by atoms with Gasteiger partial charge in [-0.05, 0) is 85.9 Å². The van der Waals surface area contributed by atoms with Crippen molar-refractivity contribution in [3.05, 3.63) is 77.9 Å². The second-order valence-corrected chi connectivity index (χ2v) is 18.7. The SMILES string of the molecule is CN(Cc1cc2nc(-c3cccc(-c4ccc(F)cc4-c4nncn4C)c3)oc2c(F)c1F)[C@@H]1CCC[C@@H]1O[Si](C)(C)C(C)(C)C. The molecule has 3 aromatic carbocycles. The van der Waals surface area contributed by atoms with Gasteiger partial charge in [-0.2, -0.15) is 4.39 Å². The minimum absolute atomic E-state index is 0.0590. The highest BCUT2D eigenvalue weighted by Crippen LogP contribution is 2.41. The Morgan fingerprint density at radius 1 is 1.00 bits per heavy atom. The third-order valence-corrected chi connectivity index (χ3v) is 14.2. The van der Waals surface area contributed by atoms with Gasteiger partial charge >= 0.3 is 0 Å². The van der Waals surface area contributed by atoms with Crippen LogP contribution in [0, 0.1) is 17.5 Å². The number of oxazole rings is 1. The van der Waals surface area contributed by atoms with Crippen molar-refractivity contribution in [2.75, 3.05) is 7.05 Å². The molecule has 1 aliphatic rings. The molecule has 1 aliphatic carbocycles. The van der Waals surface area contributed by atoms with Crippen LogP contribution in [0.15, 0.2) is 59.3 Å². The molecule has 0 N–H and O–H groups in total. The van der Waals surface area contributed by atoms with E-state index in [1.165, 1.54) is 12.1 Å². The molecule has 0 spiro atoms. The highest BCUT2D eigenvalue weighted by Gasteiger charge is 2.43. The maximum atomic E-state index is 15.5. The van der Waals surface area contributed by atoms with Crippen LogP contribution in [0.5, 0.6) is 0 Å². The van der Waals surface area contributed by atoms with Crippen LogP contribution < -0.4 is 0 Å². The zero-order chi connectivity index (χ0) is 33.0. The van der Waals surface area contributed by atoms with Crippen molar-refractivity contribution in [2.45, 2.75) is 76.9 Å². The number of nitrogens with zero attached hydrogens (tertiary/aromatic N) is 5. The second-order valence-electron chi connectivity index (χ2n) is 13.9. The summed E-state index contributed by atoms with van der Waals surface area (Å²) in [6.45, 7) is 11.4. The van der Waals surface area contributed by atoms with E-state index < -0.39 is 25.8 Å². The molecule has 0 radical (unpaired) electrons. The highest BCUT2D eigenvalue weighted by molar-refractivity contribution is 6.74. The highest BCUT2D eigenvalue weighted by atomic mass is 28.4. The number of aryl methyl sites for hydroxylation is 1. The van der Waals surface area contributed by atoms with Crippen molar-refractivity contribution in [1.82, 2.24) is 24.6 Å². The van der Waals surface area contributed by atoms with E-state index in [-0.39, 0.29) is 46.3 Å². The summed E-state index contributed by atoms with van der Waals surface area (Å²) in [5.74, 6) is -1.73. The summed E-state index contributed by atoms with van der Waals surface area (Å²) in [6.07, 6.45) is 4.55. The molecule has 0 bridgehead atoms. The summed E-state index contributed by atoms with van der Waals surface area (Å²) in [7, 11) is 1.74. The van der Waals surface area contributed by atoms with E-state index in [4.69, 9.17) is 8.84 Å². The Hall–Kier alpha value is -3.80. The minimum Gasteiger partial charge on any atom is -0.433 e. The van der Waals surface area contributed by atoms with Crippen molar-refractivity contribution in [2.24, 2.45) is 7.05 Å². The van der Waals surface area contributed by atoms with Gasteiger partial charge in [0.25, 0.3) is 0 Å². The summed E-state index contributed by atoms with van der Waals surface area (Å²) < 4.78 is 59.6. The number of hydrogen-bond acceptors (Lipinski definition) is 6. The number of fused-ring (bicyclic) bond motifs is 1. The molecule has 1 saturated carbocycles. The lowest BCUT2D eigenvalue weighted by Gasteiger charge is -2.41. The van der Waals surface area contributed by atoms with Crippen LogP contribution in [0.25, 0.3) is 45.1 Å². The molecule has 2 aromatic heterocycles. The molecule has 46 heavy (non-hydrogen) atoms. The van der Waals surface area contributed by atoms with Crippen LogP contribution >= 0.6 is 0 Å². The Morgan fingerprint density at radius 2 is 1.76 bits per heavy atom. The lowest BCUT2D eigenvalue weighted by atomic mass is 9.97. The summed E-state index contributed by atoms with van der Waals surface area (Å²) in [4.78, 5) is 6.66. The molecular weight excluding hydrogens is 607 g/mol. The van der Waals surface area contributed by atoms with E-state index in [0.717, 1.165) is 30.4 Å². The lowest BCUT2D eigenvalue weighted by Crippen LogP contribution is -2.48. The maximum Gasteiger partial charge on any atom is 0.227 e. The van der Waals surface area contributed by atoms with Crippen LogP contribution in [-0.2, 0) is 18.0 Å².